The molecule has 1 saturated carbocycles. The number of aliphatic hydroxyl groups excluding tert-OH is 1. The highest BCUT2D eigenvalue weighted by Crippen LogP contribution is 2.31. The number of carbonyl (C=O) groups excluding carboxylic acids is 2. The lowest BCUT2D eigenvalue weighted by Crippen LogP contribution is -2.50. The van der Waals surface area contributed by atoms with E-state index in [1.54, 1.807) is 17.9 Å². The Morgan fingerprint density at radius 1 is 1.24 bits per heavy atom. The molecule has 0 bridgehead atoms. The number of ether oxygens (including phenoxy) is 1. The minimum absolute atomic E-state index is 0.0124. The first-order valence-corrected chi connectivity index (χ1v) is 13.2. The Morgan fingerprint density at radius 2 is 1.95 bits per heavy atom. The van der Waals surface area contributed by atoms with Crippen molar-refractivity contribution in [3.8, 4) is 5.75 Å². The number of hydrogen-bond donors (Lipinski definition) is 2. The molecule has 1 aliphatic carbocycles. The quantitative estimate of drug-likeness (QED) is 0.487. The van der Waals surface area contributed by atoms with Crippen LogP contribution in [-0.4, -0.2) is 78.3 Å². The highest BCUT2D eigenvalue weighted by molar-refractivity contribution is 5.99. The second-order valence-corrected chi connectivity index (χ2v) is 10.7. The summed E-state index contributed by atoms with van der Waals surface area (Å²) in [4.78, 5) is 29.4. The van der Waals surface area contributed by atoms with Gasteiger partial charge >= 0.3 is 6.18 Å². The zero-order valence-electron chi connectivity index (χ0n) is 22.0. The van der Waals surface area contributed by atoms with Gasteiger partial charge in [0.15, 0.2) is 0 Å². The minimum atomic E-state index is -4.43. The number of anilines is 1. The second kappa shape index (κ2) is 13.0. The van der Waals surface area contributed by atoms with Gasteiger partial charge in [0.05, 0.1) is 24.6 Å². The molecule has 2 aliphatic rings. The molecular weight excluding hydrogens is 487 g/mol. The van der Waals surface area contributed by atoms with E-state index in [0.29, 0.717) is 24.8 Å². The topological polar surface area (TPSA) is 82.1 Å². The van der Waals surface area contributed by atoms with Crippen LogP contribution in [-0.2, 0) is 4.79 Å². The van der Waals surface area contributed by atoms with E-state index >= 15 is 0 Å². The Bertz CT molecular complexity index is 921. The Labute approximate surface area is 217 Å². The molecule has 7 nitrogen and oxygen atoms in total. The van der Waals surface area contributed by atoms with Crippen LogP contribution in [0.3, 0.4) is 0 Å². The Kier molecular flexibility index (Phi) is 10.2. The van der Waals surface area contributed by atoms with Gasteiger partial charge in [0.2, 0.25) is 5.91 Å². The fraction of sp³-hybridized carbons (Fsp3) is 0.704. The number of nitrogens with zero attached hydrogens (tertiary/aromatic N) is 2. The first kappa shape index (κ1) is 29.2. The van der Waals surface area contributed by atoms with Crippen molar-refractivity contribution in [2.24, 2.45) is 11.8 Å². The van der Waals surface area contributed by atoms with E-state index in [2.05, 4.69) is 17.3 Å². The molecule has 10 heteroatoms. The zero-order chi connectivity index (χ0) is 27.2. The van der Waals surface area contributed by atoms with Gasteiger partial charge in [-0.05, 0) is 50.9 Å². The number of aliphatic hydroxyl groups is 1. The fourth-order valence-electron chi connectivity index (χ4n) is 5.19. The number of likely N-dealkylation sites (N-methyl/N-ethyl adjacent to an activating group) is 1. The minimum Gasteiger partial charge on any atom is -0.488 e. The van der Waals surface area contributed by atoms with Crippen molar-refractivity contribution in [2.45, 2.75) is 77.1 Å². The van der Waals surface area contributed by atoms with Crippen LogP contribution < -0.4 is 10.1 Å². The van der Waals surface area contributed by atoms with Crippen LogP contribution in [0.1, 0.15) is 69.2 Å². The summed E-state index contributed by atoms with van der Waals surface area (Å²) in [5.74, 6) is -0.125. The summed E-state index contributed by atoms with van der Waals surface area (Å²) in [5.41, 5.74) is 0.430. The summed E-state index contributed by atoms with van der Waals surface area (Å²) in [6.07, 6.45) is -0.250. The number of alkyl halides is 3. The first-order chi connectivity index (χ1) is 17.5. The molecule has 1 fully saturated rings. The summed E-state index contributed by atoms with van der Waals surface area (Å²) in [5, 5.41) is 12.3. The lowest BCUT2D eigenvalue weighted by atomic mass is 9.89. The van der Waals surface area contributed by atoms with Crippen LogP contribution in [0.2, 0.25) is 0 Å². The first-order valence-electron chi connectivity index (χ1n) is 13.2. The van der Waals surface area contributed by atoms with E-state index in [4.69, 9.17) is 4.74 Å². The Hall–Kier alpha value is -2.33. The zero-order valence-corrected chi connectivity index (χ0v) is 22.0. The van der Waals surface area contributed by atoms with Crippen LogP contribution >= 0.6 is 0 Å². The van der Waals surface area contributed by atoms with Crippen LogP contribution in [0.25, 0.3) is 0 Å². The molecule has 1 aliphatic heterocycles. The lowest BCUT2D eigenvalue weighted by Gasteiger charge is -2.38. The molecule has 3 atom stereocenters. The average molecular weight is 528 g/mol. The molecule has 0 unspecified atom stereocenters. The van der Waals surface area contributed by atoms with Crippen LogP contribution in [0, 0.1) is 11.8 Å². The molecule has 0 spiro atoms. The van der Waals surface area contributed by atoms with Crippen LogP contribution in [0.15, 0.2) is 18.2 Å². The van der Waals surface area contributed by atoms with Gasteiger partial charge in [-0.2, -0.15) is 13.2 Å². The highest BCUT2D eigenvalue weighted by atomic mass is 19.4. The van der Waals surface area contributed by atoms with Crippen molar-refractivity contribution in [2.75, 3.05) is 38.6 Å². The number of fused-ring (bicyclic) bond motifs is 1. The number of benzene rings is 1. The predicted molar refractivity (Wildman–Crippen MR) is 136 cm³/mol. The molecule has 0 aromatic heterocycles. The van der Waals surface area contributed by atoms with Gasteiger partial charge < -0.3 is 25.0 Å². The van der Waals surface area contributed by atoms with Crippen molar-refractivity contribution in [1.82, 2.24) is 9.80 Å². The molecule has 208 valence electrons. The molecule has 0 saturated heterocycles. The molecule has 1 heterocycles. The fourth-order valence-corrected chi connectivity index (χ4v) is 5.19. The number of nitrogens with one attached hydrogen (secondary N) is 1. The molecule has 2 amide bonds. The van der Waals surface area contributed by atoms with Gasteiger partial charge in [0.25, 0.3) is 5.91 Å². The molecule has 3 rings (SSSR count). The molecule has 37 heavy (non-hydrogen) atoms. The van der Waals surface area contributed by atoms with E-state index in [9.17, 15) is 27.9 Å². The van der Waals surface area contributed by atoms with Gasteiger partial charge in [-0.1, -0.05) is 26.2 Å². The summed E-state index contributed by atoms with van der Waals surface area (Å²) in [7, 11) is 2.09. The van der Waals surface area contributed by atoms with Crippen molar-refractivity contribution in [3.63, 3.8) is 0 Å². The number of rotatable bonds is 9. The van der Waals surface area contributed by atoms with E-state index in [1.165, 1.54) is 44.2 Å². The van der Waals surface area contributed by atoms with Crippen LogP contribution in [0.4, 0.5) is 18.9 Å². The van der Waals surface area contributed by atoms with Gasteiger partial charge in [-0.3, -0.25) is 9.59 Å². The van der Waals surface area contributed by atoms with Gasteiger partial charge in [-0.15, -0.1) is 0 Å². The number of carbonyl (C=O) groups is 2. The summed E-state index contributed by atoms with van der Waals surface area (Å²) in [6.45, 7) is 5.61. The number of halogens is 3. The van der Waals surface area contributed by atoms with Crippen molar-refractivity contribution in [1.29, 1.82) is 0 Å². The normalized spacial score (nSPS) is 22.2. The van der Waals surface area contributed by atoms with E-state index in [0.717, 1.165) is 6.54 Å². The average Bonchev–Trinajstić information content (AvgIpc) is 2.85. The third kappa shape index (κ3) is 8.60. The maximum Gasteiger partial charge on any atom is 0.389 e. The Morgan fingerprint density at radius 3 is 2.59 bits per heavy atom. The van der Waals surface area contributed by atoms with Crippen molar-refractivity contribution < 1.29 is 32.6 Å². The smallest absolute Gasteiger partial charge is 0.389 e. The predicted octanol–water partition coefficient (Wildman–Crippen LogP) is 4.70. The van der Waals surface area contributed by atoms with E-state index in [1.807, 2.05) is 6.92 Å². The molecule has 1 aromatic carbocycles. The maximum atomic E-state index is 13.5. The van der Waals surface area contributed by atoms with Crippen LogP contribution in [0.5, 0.6) is 5.75 Å². The summed E-state index contributed by atoms with van der Waals surface area (Å²) < 4.78 is 43.8. The number of amides is 2. The third-order valence-corrected chi connectivity index (χ3v) is 7.37. The molecule has 0 radical (unpaired) electrons. The van der Waals surface area contributed by atoms with Gasteiger partial charge in [0.1, 0.15) is 11.9 Å². The SMILES string of the molecule is C[C@@H]1CN([C@H](C)CO)C(=O)c2cc(NC(=O)CCC(F)(F)F)ccc2O[C@@H]1CN(C)CC1CCCCC1. The molecule has 1 aromatic rings. The van der Waals surface area contributed by atoms with Crippen molar-refractivity contribution in [3.05, 3.63) is 23.8 Å². The Balaban J connectivity index is 1.80. The van der Waals surface area contributed by atoms with E-state index in [-0.39, 0.29) is 35.8 Å². The van der Waals surface area contributed by atoms with Gasteiger partial charge in [0, 0.05) is 37.7 Å². The van der Waals surface area contributed by atoms with Crippen molar-refractivity contribution >= 4 is 17.5 Å². The highest BCUT2D eigenvalue weighted by Gasteiger charge is 2.34. The summed E-state index contributed by atoms with van der Waals surface area (Å²) in [6, 6.07) is 4.12. The number of hydrogen-bond acceptors (Lipinski definition) is 5. The maximum absolute atomic E-state index is 13.5. The monoisotopic (exact) mass is 527 g/mol. The summed E-state index contributed by atoms with van der Waals surface area (Å²) >= 11 is 0. The molecule has 2 N–H and O–H groups in total. The third-order valence-electron chi connectivity index (χ3n) is 7.37. The van der Waals surface area contributed by atoms with E-state index < -0.39 is 31.0 Å². The van der Waals surface area contributed by atoms with Gasteiger partial charge in [-0.25, -0.2) is 0 Å². The molecular formula is C27H40F3N3O4. The largest absolute Gasteiger partial charge is 0.488 e. The standard InChI is InChI=1S/C27H40F3N3O4/c1-18-14-33(19(2)17-34)26(36)22-13-21(31-25(35)11-12-27(28,29)30)9-10-23(22)37-24(18)16-32(3)15-20-7-5-4-6-8-20/h9-10,13,18-20,24,34H,4-8,11-12,14-17H2,1-3H3,(H,31,35)/t18-,19-,24-/m1/s1. The lowest BCUT2D eigenvalue weighted by molar-refractivity contribution is -0.142. The second-order valence-electron chi connectivity index (χ2n) is 10.7.